The van der Waals surface area contributed by atoms with Gasteiger partial charge in [0, 0.05) is 29.4 Å². The summed E-state index contributed by atoms with van der Waals surface area (Å²) in [6.07, 6.45) is 7.92. The number of aromatic nitrogens is 2. The van der Waals surface area contributed by atoms with Crippen molar-refractivity contribution in [3.63, 3.8) is 0 Å². The van der Waals surface area contributed by atoms with E-state index in [1.54, 1.807) is 0 Å². The van der Waals surface area contributed by atoms with E-state index in [2.05, 4.69) is 28.6 Å². The Kier molecular flexibility index (Phi) is 5.04. The van der Waals surface area contributed by atoms with Crippen molar-refractivity contribution < 1.29 is 9.84 Å². The summed E-state index contributed by atoms with van der Waals surface area (Å²) < 4.78 is 7.98. The first kappa shape index (κ1) is 16.6. The molecule has 0 spiro atoms. The third kappa shape index (κ3) is 3.88. The molecule has 0 amide bonds. The molecule has 0 aliphatic heterocycles. The maximum atomic E-state index is 9.19. The van der Waals surface area contributed by atoms with Crippen molar-refractivity contribution in [1.29, 1.82) is 0 Å². The minimum absolute atomic E-state index is 0.137. The van der Waals surface area contributed by atoms with Crippen LogP contribution in [0.15, 0.2) is 30.5 Å². The monoisotopic (exact) mass is 341 g/mol. The van der Waals surface area contributed by atoms with Crippen LogP contribution in [-0.4, -0.2) is 28.1 Å². The zero-order valence-electron chi connectivity index (χ0n) is 14.7. The van der Waals surface area contributed by atoms with Gasteiger partial charge in [-0.1, -0.05) is 18.2 Å². The molecule has 2 N–H and O–H groups in total. The molecule has 0 saturated heterocycles. The summed E-state index contributed by atoms with van der Waals surface area (Å²) in [5.41, 5.74) is 3.78. The van der Waals surface area contributed by atoms with Crippen LogP contribution < -0.4 is 10.1 Å². The molecule has 5 heteroatoms. The minimum Gasteiger partial charge on any atom is -0.493 e. The van der Waals surface area contributed by atoms with E-state index >= 15 is 0 Å². The van der Waals surface area contributed by atoms with Crippen LogP contribution in [0, 0.1) is 5.92 Å². The number of fused-ring (bicyclic) bond motifs is 1. The van der Waals surface area contributed by atoms with Crippen LogP contribution in [0.2, 0.25) is 0 Å². The van der Waals surface area contributed by atoms with Crippen molar-refractivity contribution in [3.8, 4) is 5.75 Å². The van der Waals surface area contributed by atoms with Crippen LogP contribution in [0.25, 0.3) is 0 Å². The zero-order valence-corrected chi connectivity index (χ0v) is 14.7. The van der Waals surface area contributed by atoms with Crippen molar-refractivity contribution in [2.45, 2.75) is 51.2 Å². The number of para-hydroxylation sites is 1. The van der Waals surface area contributed by atoms with Gasteiger partial charge in [-0.3, -0.25) is 4.68 Å². The second kappa shape index (κ2) is 7.58. The molecule has 4 rings (SSSR count). The Morgan fingerprint density at radius 1 is 1.24 bits per heavy atom. The fourth-order valence-electron chi connectivity index (χ4n) is 3.63. The van der Waals surface area contributed by atoms with Crippen LogP contribution in [0.4, 0.5) is 0 Å². The molecule has 134 valence electrons. The zero-order chi connectivity index (χ0) is 17.1. The van der Waals surface area contributed by atoms with Gasteiger partial charge >= 0.3 is 0 Å². The lowest BCUT2D eigenvalue weighted by Crippen LogP contribution is -2.25. The number of nitrogens with one attached hydrogen (secondary N) is 1. The molecule has 1 atom stereocenters. The molecule has 1 aromatic heterocycles. The van der Waals surface area contributed by atoms with E-state index in [1.807, 2.05) is 16.9 Å². The average Bonchev–Trinajstić information content (AvgIpc) is 3.39. The van der Waals surface area contributed by atoms with Gasteiger partial charge in [0.1, 0.15) is 5.75 Å². The lowest BCUT2D eigenvalue weighted by atomic mass is 9.92. The van der Waals surface area contributed by atoms with Crippen LogP contribution in [0.1, 0.15) is 48.5 Å². The highest BCUT2D eigenvalue weighted by Crippen LogP contribution is 2.32. The Morgan fingerprint density at radius 3 is 2.96 bits per heavy atom. The van der Waals surface area contributed by atoms with Gasteiger partial charge in [-0.15, -0.1) is 0 Å². The van der Waals surface area contributed by atoms with Crippen molar-refractivity contribution in [2.24, 2.45) is 5.92 Å². The minimum atomic E-state index is 0.137. The summed E-state index contributed by atoms with van der Waals surface area (Å²) in [6.45, 7) is 2.37. The highest BCUT2D eigenvalue weighted by atomic mass is 16.5. The number of aliphatic hydroxyl groups excluding tert-OH is 1. The number of nitrogens with zero attached hydrogens (tertiary/aromatic N) is 2. The number of ether oxygens (including phenoxy) is 1. The van der Waals surface area contributed by atoms with Gasteiger partial charge in [0.2, 0.25) is 0 Å². The van der Waals surface area contributed by atoms with E-state index in [1.165, 1.54) is 29.7 Å². The lowest BCUT2D eigenvalue weighted by Gasteiger charge is -2.25. The van der Waals surface area contributed by atoms with Gasteiger partial charge < -0.3 is 15.2 Å². The summed E-state index contributed by atoms with van der Waals surface area (Å²) in [5.74, 6) is 1.77. The number of aliphatic hydroxyl groups is 1. The third-order valence-electron chi connectivity index (χ3n) is 5.26. The molecular formula is C20H27N3O2. The topological polar surface area (TPSA) is 59.3 Å². The molecule has 25 heavy (non-hydrogen) atoms. The molecule has 2 aliphatic rings. The summed E-state index contributed by atoms with van der Waals surface area (Å²) in [7, 11) is 0. The van der Waals surface area contributed by atoms with E-state index < -0.39 is 0 Å². The Labute approximate surface area is 149 Å². The molecular weight excluding hydrogens is 314 g/mol. The van der Waals surface area contributed by atoms with Gasteiger partial charge in [-0.2, -0.15) is 5.10 Å². The summed E-state index contributed by atoms with van der Waals surface area (Å²) >= 11 is 0. The van der Waals surface area contributed by atoms with Gasteiger partial charge in [0.15, 0.2) is 0 Å². The smallest absolute Gasteiger partial charge is 0.123 e. The van der Waals surface area contributed by atoms with E-state index in [9.17, 15) is 5.11 Å². The standard InChI is InChI=1S/C20H27N3O2/c24-11-10-23-19-6-3-5-18(17(19)13-22-23)21-12-16-4-1-2-7-20(16)25-14-15-8-9-15/h1-2,4,7,13,15,18,21,24H,3,5-6,8-12,14H2/t18-/m1/s1. The molecule has 1 heterocycles. The number of hydrogen-bond donors (Lipinski definition) is 2. The van der Waals surface area contributed by atoms with Gasteiger partial charge in [0.05, 0.1) is 26.0 Å². The van der Waals surface area contributed by atoms with Gasteiger partial charge in [-0.05, 0) is 44.1 Å². The second-order valence-electron chi connectivity index (χ2n) is 7.18. The Morgan fingerprint density at radius 2 is 2.12 bits per heavy atom. The molecule has 1 aromatic carbocycles. The van der Waals surface area contributed by atoms with Crippen molar-refractivity contribution >= 4 is 0 Å². The molecule has 0 bridgehead atoms. The first-order valence-electron chi connectivity index (χ1n) is 9.44. The predicted molar refractivity (Wildman–Crippen MR) is 96.5 cm³/mol. The average molecular weight is 341 g/mol. The summed E-state index contributed by atoms with van der Waals surface area (Å²) in [4.78, 5) is 0. The van der Waals surface area contributed by atoms with E-state index in [-0.39, 0.29) is 6.61 Å². The summed E-state index contributed by atoms with van der Waals surface area (Å²) in [6, 6.07) is 8.67. The number of benzene rings is 1. The third-order valence-corrected chi connectivity index (χ3v) is 5.26. The van der Waals surface area contributed by atoms with Gasteiger partial charge in [-0.25, -0.2) is 0 Å². The Bertz CT molecular complexity index is 709. The Hall–Kier alpha value is -1.85. The van der Waals surface area contributed by atoms with Crippen molar-refractivity contribution in [3.05, 3.63) is 47.3 Å². The number of rotatable bonds is 8. The number of hydrogen-bond acceptors (Lipinski definition) is 4. The molecule has 0 unspecified atom stereocenters. The maximum Gasteiger partial charge on any atom is 0.123 e. The van der Waals surface area contributed by atoms with Crippen LogP contribution in [0.5, 0.6) is 5.75 Å². The van der Waals surface area contributed by atoms with Crippen LogP contribution >= 0.6 is 0 Å². The molecule has 1 saturated carbocycles. The lowest BCUT2D eigenvalue weighted by molar-refractivity contribution is 0.266. The quantitative estimate of drug-likeness (QED) is 0.775. The SMILES string of the molecule is OCCn1ncc2c1CCC[C@H]2NCc1ccccc1OCC1CC1. The Balaban J connectivity index is 1.42. The highest BCUT2D eigenvalue weighted by molar-refractivity contribution is 5.34. The van der Waals surface area contributed by atoms with E-state index in [4.69, 9.17) is 4.74 Å². The summed E-state index contributed by atoms with van der Waals surface area (Å²) in [5, 5.41) is 17.3. The van der Waals surface area contributed by atoms with Crippen molar-refractivity contribution in [1.82, 2.24) is 15.1 Å². The highest BCUT2D eigenvalue weighted by Gasteiger charge is 2.25. The normalized spacial score (nSPS) is 19.6. The first-order chi connectivity index (χ1) is 12.3. The maximum absolute atomic E-state index is 9.19. The van der Waals surface area contributed by atoms with E-state index in [0.29, 0.717) is 12.6 Å². The van der Waals surface area contributed by atoms with Crippen molar-refractivity contribution in [2.75, 3.05) is 13.2 Å². The predicted octanol–water partition coefficient (Wildman–Crippen LogP) is 2.83. The molecule has 0 radical (unpaired) electrons. The largest absolute Gasteiger partial charge is 0.493 e. The van der Waals surface area contributed by atoms with Crippen LogP contribution in [-0.2, 0) is 19.5 Å². The first-order valence-corrected chi connectivity index (χ1v) is 9.44. The fourth-order valence-corrected chi connectivity index (χ4v) is 3.63. The fraction of sp³-hybridized carbons (Fsp3) is 0.550. The molecule has 2 aliphatic carbocycles. The second-order valence-corrected chi connectivity index (χ2v) is 7.18. The molecule has 5 nitrogen and oxygen atoms in total. The van der Waals surface area contributed by atoms with Crippen LogP contribution in [0.3, 0.4) is 0 Å². The van der Waals surface area contributed by atoms with Gasteiger partial charge in [0.25, 0.3) is 0 Å². The molecule has 1 fully saturated rings. The van der Waals surface area contributed by atoms with E-state index in [0.717, 1.165) is 44.1 Å². The molecule has 2 aromatic rings.